The molecule has 1 saturated carbocycles. The van der Waals surface area contributed by atoms with Gasteiger partial charge in [0.1, 0.15) is 0 Å². The van der Waals surface area contributed by atoms with Crippen LogP contribution in [0.25, 0.3) is 0 Å². The fourth-order valence-electron chi connectivity index (χ4n) is 4.00. The van der Waals surface area contributed by atoms with Gasteiger partial charge in [-0.05, 0) is 59.9 Å². The van der Waals surface area contributed by atoms with E-state index in [1.54, 1.807) is 12.1 Å². The number of hydrogen-bond acceptors (Lipinski definition) is 5. The lowest BCUT2D eigenvalue weighted by atomic mass is 9.96. The van der Waals surface area contributed by atoms with E-state index in [-0.39, 0.29) is 17.4 Å². The van der Waals surface area contributed by atoms with E-state index in [4.69, 9.17) is 4.74 Å². The van der Waals surface area contributed by atoms with Crippen molar-refractivity contribution in [2.75, 3.05) is 20.2 Å². The Morgan fingerprint density at radius 2 is 2.14 bits per heavy atom. The Labute approximate surface area is 172 Å². The maximum absolute atomic E-state index is 12.6. The third kappa shape index (κ3) is 4.70. The molecule has 1 fully saturated rings. The minimum absolute atomic E-state index is 0.0234. The van der Waals surface area contributed by atoms with Gasteiger partial charge in [-0.25, -0.2) is 0 Å². The van der Waals surface area contributed by atoms with E-state index >= 15 is 0 Å². The van der Waals surface area contributed by atoms with Crippen molar-refractivity contribution in [2.45, 2.75) is 38.5 Å². The average Bonchev–Trinajstić information content (AvgIpc) is 3.42. The van der Waals surface area contributed by atoms with Crippen molar-refractivity contribution in [3.8, 4) is 11.5 Å². The summed E-state index contributed by atoms with van der Waals surface area (Å²) in [6.07, 6.45) is 3.45. The Morgan fingerprint density at radius 1 is 1.31 bits per heavy atom. The number of alkyl halides is 2. The molecule has 0 unspecified atom stereocenters. The number of hydrogen-bond donors (Lipinski definition) is 1. The van der Waals surface area contributed by atoms with Crippen LogP contribution in [0.4, 0.5) is 8.78 Å². The maximum atomic E-state index is 12.6. The third-order valence-electron chi connectivity index (χ3n) is 5.47. The lowest BCUT2D eigenvalue weighted by molar-refractivity contribution is -0.123. The summed E-state index contributed by atoms with van der Waals surface area (Å²) < 4.78 is 34.4. The predicted octanol–water partition coefficient (Wildman–Crippen LogP) is 3.98. The van der Waals surface area contributed by atoms with E-state index in [0.717, 1.165) is 18.5 Å². The number of benzene rings is 1. The molecule has 1 aliphatic heterocycles. The molecule has 2 heterocycles. The van der Waals surface area contributed by atoms with E-state index in [2.05, 4.69) is 26.4 Å². The van der Waals surface area contributed by atoms with Crippen LogP contribution < -0.4 is 14.8 Å². The van der Waals surface area contributed by atoms with E-state index in [9.17, 15) is 13.6 Å². The van der Waals surface area contributed by atoms with Gasteiger partial charge in [0, 0.05) is 24.0 Å². The summed E-state index contributed by atoms with van der Waals surface area (Å²) in [4.78, 5) is 16.3. The first-order valence-electron chi connectivity index (χ1n) is 9.74. The van der Waals surface area contributed by atoms with Gasteiger partial charge < -0.3 is 14.8 Å². The van der Waals surface area contributed by atoms with E-state index in [1.165, 1.54) is 36.5 Å². The van der Waals surface area contributed by atoms with Crippen molar-refractivity contribution in [3.05, 3.63) is 45.6 Å². The van der Waals surface area contributed by atoms with Crippen molar-refractivity contribution in [2.24, 2.45) is 5.92 Å². The van der Waals surface area contributed by atoms with Crippen LogP contribution in [-0.4, -0.2) is 37.6 Å². The number of fused-ring (bicyclic) bond motifs is 1. The highest BCUT2D eigenvalue weighted by molar-refractivity contribution is 7.10. The Balaban J connectivity index is 1.35. The summed E-state index contributed by atoms with van der Waals surface area (Å²) in [6.45, 7) is -1.35. The molecule has 156 valence electrons. The van der Waals surface area contributed by atoms with Crippen LogP contribution in [0.2, 0.25) is 0 Å². The van der Waals surface area contributed by atoms with Crippen molar-refractivity contribution in [1.82, 2.24) is 10.2 Å². The standard InChI is InChI=1S/C21H24F2N2O3S/c1-27-17-10-13(2-5-16(17)28-21(22)23)11-24-19(26)12-25-8-6-18-15(7-9-29-18)20(25)14-3-4-14/h2,5,7,9-10,14,20-21H,3-4,6,8,11-12H2,1H3,(H,24,26)/t20-/m1/s1. The summed E-state index contributed by atoms with van der Waals surface area (Å²) in [7, 11) is 1.39. The fourth-order valence-corrected chi connectivity index (χ4v) is 4.91. The van der Waals surface area contributed by atoms with E-state index < -0.39 is 6.61 Å². The zero-order valence-corrected chi connectivity index (χ0v) is 17.0. The SMILES string of the molecule is COc1cc(CNC(=O)CN2CCc3sccc3[C@H]2C2CC2)ccc1OC(F)F. The zero-order valence-electron chi connectivity index (χ0n) is 16.2. The molecule has 8 heteroatoms. The van der Waals surface area contributed by atoms with Crippen LogP contribution in [0.1, 0.15) is 34.9 Å². The van der Waals surface area contributed by atoms with E-state index in [0.29, 0.717) is 25.0 Å². The smallest absolute Gasteiger partial charge is 0.387 e. The van der Waals surface area contributed by atoms with Gasteiger partial charge >= 0.3 is 6.61 Å². The molecule has 1 atom stereocenters. The second kappa shape index (κ2) is 8.67. The molecule has 1 aromatic carbocycles. The van der Waals surface area contributed by atoms with Crippen LogP contribution >= 0.6 is 11.3 Å². The molecule has 0 radical (unpaired) electrons. The Bertz CT molecular complexity index is 869. The third-order valence-corrected chi connectivity index (χ3v) is 6.46. The lowest BCUT2D eigenvalue weighted by Crippen LogP contribution is -2.42. The number of carbonyl (C=O) groups is 1. The number of rotatable bonds is 8. The van der Waals surface area contributed by atoms with Crippen molar-refractivity contribution < 1.29 is 23.0 Å². The molecule has 2 aromatic rings. The van der Waals surface area contributed by atoms with Gasteiger partial charge in [-0.1, -0.05) is 6.07 Å². The fraction of sp³-hybridized carbons (Fsp3) is 0.476. The Kier molecular flexibility index (Phi) is 6.01. The summed E-state index contributed by atoms with van der Waals surface area (Å²) in [6, 6.07) is 7.23. The van der Waals surface area contributed by atoms with Crippen LogP contribution in [0, 0.1) is 5.92 Å². The number of ether oxygens (including phenoxy) is 2. The predicted molar refractivity (Wildman–Crippen MR) is 107 cm³/mol. The highest BCUT2D eigenvalue weighted by Crippen LogP contribution is 2.48. The first-order chi connectivity index (χ1) is 14.0. The molecule has 0 spiro atoms. The largest absolute Gasteiger partial charge is 0.493 e. The molecule has 1 amide bonds. The van der Waals surface area contributed by atoms with Gasteiger partial charge in [-0.2, -0.15) is 8.78 Å². The van der Waals surface area contributed by atoms with Gasteiger partial charge in [0.05, 0.1) is 13.7 Å². The lowest BCUT2D eigenvalue weighted by Gasteiger charge is -2.35. The number of nitrogens with one attached hydrogen (secondary N) is 1. The molecule has 2 aliphatic rings. The summed E-state index contributed by atoms with van der Waals surface area (Å²) in [5, 5.41) is 5.08. The molecule has 5 nitrogen and oxygen atoms in total. The topological polar surface area (TPSA) is 50.8 Å². The molecule has 29 heavy (non-hydrogen) atoms. The molecule has 4 rings (SSSR count). The minimum atomic E-state index is -2.91. The zero-order chi connectivity index (χ0) is 20.4. The van der Waals surface area contributed by atoms with Crippen LogP contribution in [0.15, 0.2) is 29.6 Å². The first-order valence-corrected chi connectivity index (χ1v) is 10.6. The monoisotopic (exact) mass is 422 g/mol. The summed E-state index contributed by atoms with van der Waals surface area (Å²) >= 11 is 1.81. The van der Waals surface area contributed by atoms with Gasteiger partial charge in [-0.3, -0.25) is 9.69 Å². The Hall–Kier alpha value is -2.19. The average molecular weight is 422 g/mol. The van der Waals surface area contributed by atoms with Gasteiger partial charge in [-0.15, -0.1) is 11.3 Å². The highest BCUT2D eigenvalue weighted by atomic mass is 32.1. The van der Waals surface area contributed by atoms with Crippen LogP contribution in [-0.2, 0) is 17.8 Å². The summed E-state index contributed by atoms with van der Waals surface area (Å²) in [5.41, 5.74) is 2.16. The highest BCUT2D eigenvalue weighted by Gasteiger charge is 2.40. The number of nitrogens with zero attached hydrogens (tertiary/aromatic N) is 1. The second-order valence-electron chi connectivity index (χ2n) is 7.44. The number of halogens is 2. The van der Waals surface area contributed by atoms with Crippen LogP contribution in [0.3, 0.4) is 0 Å². The number of carbonyl (C=O) groups excluding carboxylic acids is 1. The number of thiophene rings is 1. The molecule has 0 bridgehead atoms. The molecule has 1 aliphatic carbocycles. The van der Waals surface area contributed by atoms with Crippen molar-refractivity contribution in [3.63, 3.8) is 0 Å². The first kappa shape index (κ1) is 20.1. The van der Waals surface area contributed by atoms with Crippen LogP contribution in [0.5, 0.6) is 11.5 Å². The number of amides is 1. The van der Waals surface area contributed by atoms with Crippen molar-refractivity contribution >= 4 is 17.2 Å². The van der Waals surface area contributed by atoms with Gasteiger partial charge in [0.2, 0.25) is 5.91 Å². The molecule has 1 aromatic heterocycles. The van der Waals surface area contributed by atoms with Crippen molar-refractivity contribution in [1.29, 1.82) is 0 Å². The normalized spacial score (nSPS) is 19.1. The summed E-state index contributed by atoms with van der Waals surface area (Å²) in [5.74, 6) is 0.806. The quantitative estimate of drug-likeness (QED) is 0.699. The Morgan fingerprint density at radius 3 is 2.86 bits per heavy atom. The van der Waals surface area contributed by atoms with Gasteiger partial charge in [0.15, 0.2) is 11.5 Å². The van der Waals surface area contributed by atoms with Gasteiger partial charge in [0.25, 0.3) is 0 Å². The molecule has 0 saturated heterocycles. The molecule has 1 N–H and O–H groups in total. The molecular formula is C21H24F2N2O3S. The second-order valence-corrected chi connectivity index (χ2v) is 8.44. The molecular weight excluding hydrogens is 398 g/mol. The van der Waals surface area contributed by atoms with E-state index in [1.807, 2.05) is 11.3 Å². The maximum Gasteiger partial charge on any atom is 0.387 e. The number of methoxy groups -OCH3 is 1. The minimum Gasteiger partial charge on any atom is -0.493 e.